The second kappa shape index (κ2) is 4.39. The number of rotatable bonds is 4. The van der Waals surface area contributed by atoms with Crippen LogP contribution in [-0.2, 0) is 13.5 Å². The highest BCUT2D eigenvalue weighted by atomic mass is 15.4. The van der Waals surface area contributed by atoms with Gasteiger partial charge < -0.3 is 5.73 Å². The van der Waals surface area contributed by atoms with E-state index in [4.69, 9.17) is 5.73 Å². The van der Waals surface area contributed by atoms with E-state index in [1.807, 2.05) is 11.7 Å². The van der Waals surface area contributed by atoms with Crippen molar-refractivity contribution in [3.8, 4) is 0 Å². The zero-order valence-electron chi connectivity index (χ0n) is 11.1. The predicted molar refractivity (Wildman–Crippen MR) is 69.9 cm³/mol. The van der Waals surface area contributed by atoms with Crippen LogP contribution in [0.25, 0.3) is 11.2 Å². The molecule has 0 aliphatic rings. The Kier molecular flexibility index (Phi) is 3.09. The van der Waals surface area contributed by atoms with Crippen LogP contribution in [0.2, 0.25) is 0 Å². The van der Waals surface area contributed by atoms with Crippen LogP contribution in [0.3, 0.4) is 0 Å². The van der Waals surface area contributed by atoms with Crippen LogP contribution in [-0.4, -0.2) is 19.3 Å². The normalized spacial score (nSPS) is 13.4. The molecule has 0 spiro atoms. The number of imidazole rings is 1. The topological polar surface area (TPSA) is 61.7 Å². The molecule has 2 N–H and O–H groups in total. The minimum atomic E-state index is 0.366. The smallest absolute Gasteiger partial charge is 0.202 e. The summed E-state index contributed by atoms with van der Waals surface area (Å²) in [5.74, 6) is 0.601. The van der Waals surface area contributed by atoms with Crippen LogP contribution >= 0.6 is 0 Å². The third-order valence-electron chi connectivity index (χ3n) is 3.25. The Morgan fingerprint density at radius 3 is 2.65 bits per heavy atom. The Balaban J connectivity index is 2.62. The molecule has 0 aromatic carbocycles. The third kappa shape index (κ3) is 1.79. The summed E-state index contributed by atoms with van der Waals surface area (Å²) in [6, 6.07) is 0.366. The molecule has 0 saturated carbocycles. The average Bonchev–Trinajstić information content (AvgIpc) is 2.76. The van der Waals surface area contributed by atoms with Gasteiger partial charge in [0, 0.05) is 13.1 Å². The zero-order valence-corrected chi connectivity index (χ0v) is 11.1. The Bertz CT molecular complexity index is 522. The largest absolute Gasteiger partial charge is 0.369 e. The summed E-state index contributed by atoms with van der Waals surface area (Å²) >= 11 is 0. The SMILES string of the molecule is CCCC(C)n1c(N)nc2c(CC)nn(C)c21. The lowest BCUT2D eigenvalue weighted by molar-refractivity contribution is 0.508. The molecule has 94 valence electrons. The van der Waals surface area contributed by atoms with Crippen molar-refractivity contribution >= 4 is 17.1 Å². The number of nitrogens with two attached hydrogens (primary N) is 1. The molecule has 5 heteroatoms. The first-order chi connectivity index (χ1) is 8.10. The maximum atomic E-state index is 6.03. The number of nitrogen functional groups attached to an aromatic ring is 1. The molecule has 0 aliphatic heterocycles. The molecular weight excluding hydrogens is 214 g/mol. The van der Waals surface area contributed by atoms with Gasteiger partial charge in [-0.25, -0.2) is 4.98 Å². The molecule has 1 unspecified atom stereocenters. The van der Waals surface area contributed by atoms with Gasteiger partial charge in [-0.15, -0.1) is 0 Å². The van der Waals surface area contributed by atoms with Gasteiger partial charge in [-0.05, 0) is 19.8 Å². The monoisotopic (exact) mass is 235 g/mol. The van der Waals surface area contributed by atoms with Gasteiger partial charge in [0.05, 0.1) is 5.69 Å². The quantitative estimate of drug-likeness (QED) is 0.884. The first-order valence-electron chi connectivity index (χ1n) is 6.29. The molecule has 2 aromatic heterocycles. The zero-order chi connectivity index (χ0) is 12.6. The summed E-state index contributed by atoms with van der Waals surface area (Å²) in [5.41, 5.74) is 9.05. The summed E-state index contributed by atoms with van der Waals surface area (Å²) < 4.78 is 3.99. The number of hydrogen-bond donors (Lipinski definition) is 1. The van der Waals surface area contributed by atoms with Crippen molar-refractivity contribution in [1.29, 1.82) is 0 Å². The highest BCUT2D eigenvalue weighted by Crippen LogP contribution is 2.27. The maximum Gasteiger partial charge on any atom is 0.202 e. The highest BCUT2D eigenvalue weighted by Gasteiger charge is 2.19. The summed E-state index contributed by atoms with van der Waals surface area (Å²) in [5, 5.41) is 4.49. The van der Waals surface area contributed by atoms with Gasteiger partial charge >= 0.3 is 0 Å². The molecule has 2 rings (SSSR count). The molecule has 0 fully saturated rings. The van der Waals surface area contributed by atoms with E-state index in [0.29, 0.717) is 12.0 Å². The Morgan fingerprint density at radius 1 is 1.35 bits per heavy atom. The lowest BCUT2D eigenvalue weighted by atomic mass is 10.2. The van der Waals surface area contributed by atoms with Gasteiger partial charge in [-0.2, -0.15) is 5.10 Å². The van der Waals surface area contributed by atoms with Crippen molar-refractivity contribution < 1.29 is 0 Å². The molecule has 0 aliphatic carbocycles. The fourth-order valence-electron chi connectivity index (χ4n) is 2.44. The summed E-state index contributed by atoms with van der Waals surface area (Å²) in [7, 11) is 1.96. The second-order valence-corrected chi connectivity index (χ2v) is 4.57. The molecule has 0 amide bonds. The second-order valence-electron chi connectivity index (χ2n) is 4.57. The molecule has 1 atom stereocenters. The van der Waals surface area contributed by atoms with Crippen molar-refractivity contribution in [2.75, 3.05) is 5.73 Å². The van der Waals surface area contributed by atoms with Crippen LogP contribution in [0.5, 0.6) is 0 Å². The van der Waals surface area contributed by atoms with Gasteiger partial charge in [-0.3, -0.25) is 9.25 Å². The standard InChI is InChI=1S/C12H21N5/c1-5-7-8(3)17-11-10(14-12(17)13)9(6-2)15-16(11)4/h8H,5-7H2,1-4H3,(H2,13,14). The van der Waals surface area contributed by atoms with Gasteiger partial charge in [0.25, 0.3) is 0 Å². The van der Waals surface area contributed by atoms with E-state index >= 15 is 0 Å². The number of fused-ring (bicyclic) bond motifs is 1. The number of aryl methyl sites for hydroxylation is 2. The maximum absolute atomic E-state index is 6.03. The van der Waals surface area contributed by atoms with E-state index in [1.165, 1.54) is 0 Å². The van der Waals surface area contributed by atoms with Gasteiger partial charge in [0.2, 0.25) is 5.95 Å². The van der Waals surface area contributed by atoms with Crippen LogP contribution in [0.1, 0.15) is 45.3 Å². The van der Waals surface area contributed by atoms with Crippen LogP contribution < -0.4 is 5.73 Å². The van der Waals surface area contributed by atoms with E-state index in [9.17, 15) is 0 Å². The fourth-order valence-corrected chi connectivity index (χ4v) is 2.44. The lowest BCUT2D eigenvalue weighted by Gasteiger charge is -2.14. The van der Waals surface area contributed by atoms with Crippen molar-refractivity contribution in [3.63, 3.8) is 0 Å². The van der Waals surface area contributed by atoms with E-state index in [-0.39, 0.29) is 0 Å². The number of nitrogens with zero attached hydrogens (tertiary/aromatic N) is 4. The van der Waals surface area contributed by atoms with Crippen molar-refractivity contribution in [2.24, 2.45) is 7.05 Å². The predicted octanol–water partition coefficient (Wildman–Crippen LogP) is 2.28. The van der Waals surface area contributed by atoms with Gasteiger partial charge in [0.1, 0.15) is 5.52 Å². The third-order valence-corrected chi connectivity index (χ3v) is 3.25. The Morgan fingerprint density at radius 2 is 2.06 bits per heavy atom. The molecule has 5 nitrogen and oxygen atoms in total. The number of aromatic nitrogens is 4. The van der Waals surface area contributed by atoms with Crippen LogP contribution in [0, 0.1) is 0 Å². The minimum Gasteiger partial charge on any atom is -0.369 e. The number of anilines is 1. The van der Waals surface area contributed by atoms with Crippen LogP contribution in [0.15, 0.2) is 0 Å². The summed E-state index contributed by atoms with van der Waals surface area (Å²) in [6.45, 7) is 6.45. The van der Waals surface area contributed by atoms with E-state index in [1.54, 1.807) is 0 Å². The molecule has 0 radical (unpaired) electrons. The van der Waals surface area contributed by atoms with Crippen molar-refractivity contribution in [3.05, 3.63) is 5.69 Å². The molecule has 2 aromatic rings. The van der Waals surface area contributed by atoms with Crippen LogP contribution in [0.4, 0.5) is 5.95 Å². The molecular formula is C12H21N5. The number of hydrogen-bond acceptors (Lipinski definition) is 3. The van der Waals surface area contributed by atoms with Gasteiger partial charge in [0.15, 0.2) is 5.65 Å². The van der Waals surface area contributed by atoms with E-state index < -0.39 is 0 Å². The highest BCUT2D eigenvalue weighted by molar-refractivity contribution is 5.77. The Hall–Kier alpha value is -1.52. The van der Waals surface area contributed by atoms with E-state index in [2.05, 4.69) is 35.4 Å². The average molecular weight is 235 g/mol. The molecule has 17 heavy (non-hydrogen) atoms. The summed E-state index contributed by atoms with van der Waals surface area (Å²) in [6.07, 6.45) is 3.12. The minimum absolute atomic E-state index is 0.366. The van der Waals surface area contributed by atoms with Crippen molar-refractivity contribution in [2.45, 2.75) is 46.1 Å². The summed E-state index contributed by atoms with van der Waals surface area (Å²) in [4.78, 5) is 4.47. The molecule has 0 bridgehead atoms. The first kappa shape index (κ1) is 12.0. The van der Waals surface area contributed by atoms with Crippen molar-refractivity contribution in [1.82, 2.24) is 19.3 Å². The lowest BCUT2D eigenvalue weighted by Crippen LogP contribution is -2.11. The molecule has 0 saturated heterocycles. The first-order valence-corrected chi connectivity index (χ1v) is 6.29. The fraction of sp³-hybridized carbons (Fsp3) is 0.667. The van der Waals surface area contributed by atoms with E-state index in [0.717, 1.165) is 36.1 Å². The molecule has 2 heterocycles. The van der Waals surface area contributed by atoms with Gasteiger partial charge in [-0.1, -0.05) is 20.3 Å². The Labute approximate surface area is 102 Å².